The topological polar surface area (TPSA) is 90.1 Å². The van der Waals surface area contributed by atoms with Gasteiger partial charge in [0.1, 0.15) is 6.54 Å². The number of anilines is 1. The molecule has 0 fully saturated rings. The van der Waals surface area contributed by atoms with Crippen LogP contribution in [0.1, 0.15) is 5.56 Å². The van der Waals surface area contributed by atoms with Gasteiger partial charge in [-0.2, -0.15) is 4.68 Å². The Labute approximate surface area is 119 Å². The summed E-state index contributed by atoms with van der Waals surface area (Å²) in [6, 6.07) is 7.27. The number of hydrogen-bond donors (Lipinski definition) is 1. The molecule has 0 unspecified atom stereocenters. The average Bonchev–Trinajstić information content (AvgIpc) is 2.73. The zero-order valence-electron chi connectivity index (χ0n) is 10.5. The minimum atomic E-state index is -0.698. The van der Waals surface area contributed by atoms with Crippen molar-refractivity contribution in [3.63, 3.8) is 0 Å². The van der Waals surface area contributed by atoms with Crippen LogP contribution in [0.4, 0.5) is 11.5 Å². The van der Waals surface area contributed by atoms with Crippen LogP contribution < -0.4 is 5.32 Å². The Morgan fingerprint density at radius 1 is 1.45 bits per heavy atom. The number of aromatic nitrogens is 2. The van der Waals surface area contributed by atoms with Gasteiger partial charge in [0.25, 0.3) is 0 Å². The number of amides is 1. The van der Waals surface area contributed by atoms with Crippen molar-refractivity contribution in [3.05, 3.63) is 51.2 Å². The molecule has 8 heteroatoms. The molecule has 1 amide bonds. The summed E-state index contributed by atoms with van der Waals surface area (Å²) in [7, 11) is 0. The van der Waals surface area contributed by atoms with Gasteiger partial charge in [-0.05, 0) is 24.0 Å². The lowest BCUT2D eigenvalue weighted by Crippen LogP contribution is -2.19. The van der Waals surface area contributed by atoms with E-state index in [0.717, 1.165) is 10.2 Å². The summed E-state index contributed by atoms with van der Waals surface area (Å²) in [6.45, 7) is 1.79. The Balaban J connectivity index is 2.03. The Morgan fingerprint density at radius 2 is 2.10 bits per heavy atom. The number of benzene rings is 1. The number of aryl methyl sites for hydroxylation is 1. The van der Waals surface area contributed by atoms with Crippen LogP contribution in [0.2, 0.25) is 5.02 Å². The third-order valence-corrected chi connectivity index (χ3v) is 2.78. The highest BCUT2D eigenvalue weighted by Crippen LogP contribution is 2.21. The third-order valence-electron chi connectivity index (χ3n) is 2.51. The van der Waals surface area contributed by atoms with Gasteiger partial charge in [-0.25, -0.2) is 0 Å². The minimum absolute atomic E-state index is 0.0989. The van der Waals surface area contributed by atoms with Crippen LogP contribution in [0.3, 0.4) is 0 Å². The molecule has 2 aromatic rings. The first-order chi connectivity index (χ1) is 9.45. The molecule has 1 aromatic heterocycles. The smallest absolute Gasteiger partial charge is 0.358 e. The van der Waals surface area contributed by atoms with Gasteiger partial charge in [0.05, 0.1) is 11.3 Å². The fraction of sp³-hybridized carbons (Fsp3) is 0.167. The lowest BCUT2D eigenvalue weighted by atomic mass is 10.2. The Kier molecular flexibility index (Phi) is 3.99. The highest BCUT2D eigenvalue weighted by molar-refractivity contribution is 6.32. The second-order valence-electron chi connectivity index (χ2n) is 4.17. The summed E-state index contributed by atoms with van der Waals surface area (Å²) in [5, 5.41) is 16.8. The molecule has 0 aliphatic carbocycles. The zero-order valence-corrected chi connectivity index (χ0v) is 11.3. The van der Waals surface area contributed by atoms with Crippen molar-refractivity contribution >= 4 is 29.0 Å². The number of carbonyl (C=O) groups is 1. The average molecular weight is 295 g/mol. The molecule has 0 spiro atoms. The summed E-state index contributed by atoms with van der Waals surface area (Å²) >= 11 is 5.64. The van der Waals surface area contributed by atoms with Crippen LogP contribution in [0, 0.1) is 17.0 Å². The van der Waals surface area contributed by atoms with Gasteiger partial charge in [0.15, 0.2) is 5.02 Å². The third kappa shape index (κ3) is 3.33. The summed E-state index contributed by atoms with van der Waals surface area (Å²) in [5.74, 6) is -0.808. The first-order valence-corrected chi connectivity index (χ1v) is 6.07. The molecule has 0 bridgehead atoms. The van der Waals surface area contributed by atoms with E-state index in [1.165, 1.54) is 6.20 Å². The van der Waals surface area contributed by atoms with Crippen LogP contribution in [-0.4, -0.2) is 20.6 Å². The van der Waals surface area contributed by atoms with E-state index < -0.39 is 10.7 Å². The SMILES string of the molecule is Cc1ccc(NC(=O)Cn2cc(Cl)c([N+](=O)[O-])n2)cc1. The van der Waals surface area contributed by atoms with E-state index in [-0.39, 0.29) is 17.5 Å². The van der Waals surface area contributed by atoms with Crippen molar-refractivity contribution in [2.24, 2.45) is 0 Å². The van der Waals surface area contributed by atoms with Crippen LogP contribution in [0.5, 0.6) is 0 Å². The van der Waals surface area contributed by atoms with Crippen LogP contribution in [0.25, 0.3) is 0 Å². The molecule has 1 N–H and O–H groups in total. The Bertz CT molecular complexity index is 651. The van der Waals surface area contributed by atoms with Crippen molar-refractivity contribution < 1.29 is 9.72 Å². The van der Waals surface area contributed by atoms with Crippen molar-refractivity contribution in [2.45, 2.75) is 13.5 Å². The van der Waals surface area contributed by atoms with Crippen molar-refractivity contribution in [1.82, 2.24) is 9.78 Å². The van der Waals surface area contributed by atoms with E-state index in [0.29, 0.717) is 5.69 Å². The second-order valence-corrected chi connectivity index (χ2v) is 4.58. The summed E-state index contributed by atoms with van der Waals surface area (Å²) in [4.78, 5) is 21.7. The molecule has 20 heavy (non-hydrogen) atoms. The molecule has 7 nitrogen and oxygen atoms in total. The van der Waals surface area contributed by atoms with Gasteiger partial charge in [0.2, 0.25) is 5.91 Å². The molecule has 0 atom stereocenters. The number of rotatable bonds is 4. The fourth-order valence-corrected chi connectivity index (χ4v) is 1.80. The number of hydrogen-bond acceptors (Lipinski definition) is 4. The van der Waals surface area contributed by atoms with Crippen molar-refractivity contribution in [1.29, 1.82) is 0 Å². The highest BCUT2D eigenvalue weighted by atomic mass is 35.5. The molecule has 104 valence electrons. The number of nitrogens with one attached hydrogen (secondary N) is 1. The van der Waals surface area contributed by atoms with Gasteiger partial charge >= 0.3 is 5.82 Å². The number of nitrogens with zero attached hydrogens (tertiary/aromatic N) is 3. The molecular formula is C12H11ClN4O3. The molecule has 1 heterocycles. The normalized spacial score (nSPS) is 10.3. The number of nitro groups is 1. The van der Waals surface area contributed by atoms with E-state index in [9.17, 15) is 14.9 Å². The highest BCUT2D eigenvalue weighted by Gasteiger charge is 2.20. The predicted molar refractivity (Wildman–Crippen MR) is 73.7 cm³/mol. The number of halogens is 1. The minimum Gasteiger partial charge on any atom is -0.358 e. The summed E-state index contributed by atoms with van der Waals surface area (Å²) in [5.41, 5.74) is 1.73. The van der Waals surface area contributed by atoms with Gasteiger partial charge < -0.3 is 15.4 Å². The fourth-order valence-electron chi connectivity index (χ4n) is 1.58. The molecule has 1 aromatic carbocycles. The van der Waals surface area contributed by atoms with Gasteiger partial charge in [-0.1, -0.05) is 29.3 Å². The van der Waals surface area contributed by atoms with Crippen LogP contribution in [0.15, 0.2) is 30.5 Å². The van der Waals surface area contributed by atoms with Crippen molar-refractivity contribution in [3.8, 4) is 0 Å². The second kappa shape index (κ2) is 5.70. The molecule has 0 radical (unpaired) electrons. The first kappa shape index (κ1) is 14.0. The Morgan fingerprint density at radius 3 is 2.65 bits per heavy atom. The number of carbonyl (C=O) groups excluding carboxylic acids is 1. The zero-order chi connectivity index (χ0) is 14.7. The maximum atomic E-state index is 11.8. The van der Waals surface area contributed by atoms with Gasteiger partial charge in [-0.15, -0.1) is 0 Å². The molecule has 0 aliphatic heterocycles. The summed E-state index contributed by atoms with van der Waals surface area (Å²) in [6.07, 6.45) is 1.24. The monoisotopic (exact) mass is 294 g/mol. The molecule has 0 aliphatic rings. The summed E-state index contributed by atoms with van der Waals surface area (Å²) < 4.78 is 1.13. The quantitative estimate of drug-likeness (QED) is 0.692. The van der Waals surface area contributed by atoms with E-state index in [1.54, 1.807) is 12.1 Å². The maximum Gasteiger partial charge on any atom is 0.408 e. The van der Waals surface area contributed by atoms with Crippen LogP contribution in [-0.2, 0) is 11.3 Å². The standard InChI is InChI=1S/C12H11ClN4O3/c1-8-2-4-9(5-3-8)14-11(18)7-16-6-10(13)12(15-16)17(19)20/h2-6H,7H2,1H3,(H,14,18). The first-order valence-electron chi connectivity index (χ1n) is 5.69. The van der Waals surface area contributed by atoms with Gasteiger partial charge in [-0.3, -0.25) is 4.79 Å². The van der Waals surface area contributed by atoms with E-state index >= 15 is 0 Å². The van der Waals surface area contributed by atoms with Gasteiger partial charge in [0, 0.05) is 5.69 Å². The molecular weight excluding hydrogens is 284 g/mol. The lowest BCUT2D eigenvalue weighted by molar-refractivity contribution is -0.389. The molecule has 0 saturated heterocycles. The largest absolute Gasteiger partial charge is 0.408 e. The molecule has 2 rings (SSSR count). The van der Waals surface area contributed by atoms with E-state index in [1.807, 2.05) is 19.1 Å². The van der Waals surface area contributed by atoms with Crippen molar-refractivity contribution in [2.75, 3.05) is 5.32 Å². The predicted octanol–water partition coefficient (Wildman–Crippen LogP) is 2.39. The van der Waals surface area contributed by atoms with Crippen LogP contribution >= 0.6 is 11.6 Å². The lowest BCUT2D eigenvalue weighted by Gasteiger charge is -2.04. The van der Waals surface area contributed by atoms with E-state index in [4.69, 9.17) is 11.6 Å². The Hall–Kier alpha value is -2.41. The van der Waals surface area contributed by atoms with E-state index in [2.05, 4.69) is 10.4 Å². The molecule has 0 saturated carbocycles. The maximum absolute atomic E-state index is 11.8.